The molecular weight excluding hydrogens is 316 g/mol. The Morgan fingerprint density at radius 1 is 1.20 bits per heavy atom. The fourth-order valence-corrected chi connectivity index (χ4v) is 2.40. The van der Waals surface area contributed by atoms with Gasteiger partial charge in [-0.05, 0) is 36.2 Å². The molecular formula is C19H20N4O2. The van der Waals surface area contributed by atoms with Crippen LogP contribution >= 0.6 is 0 Å². The number of hydrogen-bond acceptors (Lipinski definition) is 4. The number of hydrogen-bond donors (Lipinski definition) is 2. The molecule has 0 atom stereocenters. The van der Waals surface area contributed by atoms with Crippen LogP contribution in [0.25, 0.3) is 0 Å². The van der Waals surface area contributed by atoms with Crippen LogP contribution in [0, 0.1) is 0 Å². The minimum Gasteiger partial charge on any atom is -0.489 e. The number of rotatable bonds is 6. The quantitative estimate of drug-likeness (QED) is 0.718. The van der Waals surface area contributed by atoms with Gasteiger partial charge in [0.2, 0.25) is 0 Å². The molecule has 2 heterocycles. The summed E-state index contributed by atoms with van der Waals surface area (Å²) in [5, 5.41) is 9.72. The minimum atomic E-state index is -0.179. The standard InChI is InChI=1S/C19H20N4O2/c1-13(2)18-17(11-21-23-18)19(24)22-15-5-7-16(8-6-15)25-12-14-4-3-9-20-10-14/h3-11,13H,12H2,1-2H3,(H,21,23)(H,22,24). The Labute approximate surface area is 146 Å². The van der Waals surface area contributed by atoms with E-state index in [0.29, 0.717) is 17.9 Å². The maximum atomic E-state index is 12.4. The second kappa shape index (κ2) is 7.61. The van der Waals surface area contributed by atoms with Crippen molar-refractivity contribution in [3.05, 3.63) is 71.8 Å². The molecule has 25 heavy (non-hydrogen) atoms. The second-order valence-corrected chi connectivity index (χ2v) is 5.98. The number of anilines is 1. The number of aromatic nitrogens is 3. The number of H-pyrrole nitrogens is 1. The molecule has 3 aromatic rings. The molecule has 6 heteroatoms. The van der Waals surface area contributed by atoms with Crippen LogP contribution in [-0.2, 0) is 6.61 Å². The van der Waals surface area contributed by atoms with Crippen molar-refractivity contribution in [3.63, 3.8) is 0 Å². The van der Waals surface area contributed by atoms with Gasteiger partial charge >= 0.3 is 0 Å². The molecule has 3 rings (SSSR count). The van der Waals surface area contributed by atoms with Crippen molar-refractivity contribution in [2.24, 2.45) is 0 Å². The van der Waals surface area contributed by atoms with Gasteiger partial charge in [0.25, 0.3) is 5.91 Å². The number of amides is 1. The molecule has 0 aliphatic carbocycles. The number of carbonyl (C=O) groups excluding carboxylic acids is 1. The number of pyridine rings is 1. The van der Waals surface area contributed by atoms with Gasteiger partial charge in [-0.25, -0.2) is 0 Å². The molecule has 0 fully saturated rings. The summed E-state index contributed by atoms with van der Waals surface area (Å²) in [5.41, 5.74) is 3.09. The predicted octanol–water partition coefficient (Wildman–Crippen LogP) is 3.76. The summed E-state index contributed by atoms with van der Waals surface area (Å²) in [7, 11) is 0. The molecule has 0 saturated heterocycles. The molecule has 0 saturated carbocycles. The summed E-state index contributed by atoms with van der Waals surface area (Å²) in [4.78, 5) is 16.4. The summed E-state index contributed by atoms with van der Waals surface area (Å²) in [6, 6.07) is 11.1. The number of nitrogens with zero attached hydrogens (tertiary/aromatic N) is 2. The molecule has 0 aliphatic rings. The molecule has 6 nitrogen and oxygen atoms in total. The lowest BCUT2D eigenvalue weighted by Crippen LogP contribution is -2.13. The average Bonchev–Trinajstić information content (AvgIpc) is 3.12. The van der Waals surface area contributed by atoms with E-state index in [-0.39, 0.29) is 11.8 Å². The van der Waals surface area contributed by atoms with Crippen molar-refractivity contribution in [2.75, 3.05) is 5.32 Å². The van der Waals surface area contributed by atoms with Crippen LogP contribution < -0.4 is 10.1 Å². The van der Waals surface area contributed by atoms with Crippen LogP contribution in [0.3, 0.4) is 0 Å². The zero-order valence-electron chi connectivity index (χ0n) is 14.2. The highest BCUT2D eigenvalue weighted by Gasteiger charge is 2.16. The van der Waals surface area contributed by atoms with Crippen LogP contribution in [0.4, 0.5) is 5.69 Å². The normalized spacial score (nSPS) is 10.7. The molecule has 0 bridgehead atoms. The van der Waals surface area contributed by atoms with E-state index in [1.165, 1.54) is 0 Å². The van der Waals surface area contributed by atoms with Crippen LogP contribution in [-0.4, -0.2) is 21.1 Å². The van der Waals surface area contributed by atoms with Crippen molar-refractivity contribution in [1.82, 2.24) is 15.2 Å². The Morgan fingerprint density at radius 2 is 2.00 bits per heavy atom. The SMILES string of the molecule is CC(C)c1[nH]ncc1C(=O)Nc1ccc(OCc2cccnc2)cc1. The number of carbonyl (C=O) groups is 1. The first-order chi connectivity index (χ1) is 12.1. The lowest BCUT2D eigenvalue weighted by Gasteiger charge is -2.09. The lowest BCUT2D eigenvalue weighted by molar-refractivity contribution is 0.102. The first kappa shape index (κ1) is 16.7. The van der Waals surface area contributed by atoms with Crippen molar-refractivity contribution in [3.8, 4) is 5.75 Å². The molecule has 0 spiro atoms. The van der Waals surface area contributed by atoms with Crippen LogP contribution in [0.5, 0.6) is 5.75 Å². The van der Waals surface area contributed by atoms with Gasteiger partial charge in [0.05, 0.1) is 17.5 Å². The zero-order valence-corrected chi connectivity index (χ0v) is 14.2. The highest BCUT2D eigenvalue weighted by Crippen LogP contribution is 2.20. The Kier molecular flexibility index (Phi) is 5.09. The molecule has 2 N–H and O–H groups in total. The summed E-state index contributed by atoms with van der Waals surface area (Å²) >= 11 is 0. The van der Waals surface area contributed by atoms with Gasteiger partial charge in [-0.2, -0.15) is 5.10 Å². The third-order valence-electron chi connectivity index (χ3n) is 3.73. The van der Waals surface area contributed by atoms with Gasteiger partial charge in [0.15, 0.2) is 0 Å². The molecule has 2 aromatic heterocycles. The summed E-state index contributed by atoms with van der Waals surface area (Å²) in [6.45, 7) is 4.48. The van der Waals surface area contributed by atoms with Crippen molar-refractivity contribution < 1.29 is 9.53 Å². The average molecular weight is 336 g/mol. The van der Waals surface area contributed by atoms with Gasteiger partial charge in [-0.1, -0.05) is 19.9 Å². The van der Waals surface area contributed by atoms with Gasteiger partial charge in [0, 0.05) is 23.6 Å². The highest BCUT2D eigenvalue weighted by atomic mass is 16.5. The number of aromatic amines is 1. The predicted molar refractivity (Wildman–Crippen MR) is 95.6 cm³/mol. The van der Waals surface area contributed by atoms with E-state index in [1.54, 1.807) is 18.6 Å². The summed E-state index contributed by atoms with van der Waals surface area (Å²) in [6.07, 6.45) is 5.05. The third-order valence-corrected chi connectivity index (χ3v) is 3.73. The fraction of sp³-hybridized carbons (Fsp3) is 0.211. The van der Waals surface area contributed by atoms with E-state index >= 15 is 0 Å². The van der Waals surface area contributed by atoms with Gasteiger partial charge in [-0.3, -0.25) is 14.9 Å². The minimum absolute atomic E-state index is 0.179. The van der Waals surface area contributed by atoms with Crippen molar-refractivity contribution in [2.45, 2.75) is 26.4 Å². The third kappa shape index (κ3) is 4.23. The smallest absolute Gasteiger partial charge is 0.259 e. The van der Waals surface area contributed by atoms with Crippen LogP contribution in [0.1, 0.15) is 41.4 Å². The molecule has 128 valence electrons. The van der Waals surface area contributed by atoms with Crippen molar-refractivity contribution in [1.29, 1.82) is 0 Å². The Morgan fingerprint density at radius 3 is 2.68 bits per heavy atom. The highest BCUT2D eigenvalue weighted by molar-refractivity contribution is 6.05. The van der Waals surface area contributed by atoms with Gasteiger partial charge in [0.1, 0.15) is 12.4 Å². The van der Waals surface area contributed by atoms with Gasteiger partial charge in [-0.15, -0.1) is 0 Å². The Hall–Kier alpha value is -3.15. The molecule has 1 aromatic carbocycles. The van der Waals surface area contributed by atoms with Crippen LogP contribution in [0.15, 0.2) is 55.0 Å². The molecule has 1 amide bonds. The van der Waals surface area contributed by atoms with E-state index in [4.69, 9.17) is 4.74 Å². The largest absolute Gasteiger partial charge is 0.489 e. The van der Waals surface area contributed by atoms with E-state index in [0.717, 1.165) is 17.0 Å². The topological polar surface area (TPSA) is 79.9 Å². The summed E-state index contributed by atoms with van der Waals surface area (Å²) in [5.74, 6) is 0.751. The molecule has 0 radical (unpaired) electrons. The van der Waals surface area contributed by atoms with E-state index in [9.17, 15) is 4.79 Å². The molecule has 0 unspecified atom stereocenters. The Bertz CT molecular complexity index is 826. The first-order valence-electron chi connectivity index (χ1n) is 8.10. The summed E-state index contributed by atoms with van der Waals surface area (Å²) < 4.78 is 5.71. The second-order valence-electron chi connectivity index (χ2n) is 5.98. The lowest BCUT2D eigenvalue weighted by atomic mass is 10.1. The number of ether oxygens (including phenoxy) is 1. The number of nitrogens with one attached hydrogen (secondary N) is 2. The zero-order chi connectivity index (χ0) is 17.6. The Balaban J connectivity index is 1.60. The van der Waals surface area contributed by atoms with E-state index in [2.05, 4.69) is 20.5 Å². The number of benzene rings is 1. The molecule has 0 aliphatic heterocycles. The van der Waals surface area contributed by atoms with E-state index in [1.807, 2.05) is 50.2 Å². The van der Waals surface area contributed by atoms with E-state index < -0.39 is 0 Å². The fourth-order valence-electron chi connectivity index (χ4n) is 2.40. The van der Waals surface area contributed by atoms with Crippen molar-refractivity contribution >= 4 is 11.6 Å². The maximum absolute atomic E-state index is 12.4. The van der Waals surface area contributed by atoms with Crippen LogP contribution in [0.2, 0.25) is 0 Å². The maximum Gasteiger partial charge on any atom is 0.259 e. The first-order valence-corrected chi connectivity index (χ1v) is 8.10. The van der Waals surface area contributed by atoms with Gasteiger partial charge < -0.3 is 10.1 Å². The monoisotopic (exact) mass is 336 g/mol.